The summed E-state index contributed by atoms with van der Waals surface area (Å²) >= 11 is 0. The van der Waals surface area contributed by atoms with Crippen molar-refractivity contribution in [2.45, 2.75) is 45.8 Å². The zero-order valence-electron chi connectivity index (χ0n) is 14.8. The summed E-state index contributed by atoms with van der Waals surface area (Å²) in [6.45, 7) is 11.3. The second-order valence-electron chi connectivity index (χ2n) is 6.31. The van der Waals surface area contributed by atoms with Gasteiger partial charge in [-0.3, -0.25) is 4.99 Å². The first kappa shape index (κ1) is 22.2. The van der Waals surface area contributed by atoms with Crippen molar-refractivity contribution >= 4 is 36.0 Å². The van der Waals surface area contributed by atoms with Crippen LogP contribution in [0.4, 0.5) is 4.79 Å². The van der Waals surface area contributed by atoms with E-state index in [2.05, 4.69) is 20.5 Å². The Kier molecular flexibility index (Phi) is 10.5. The Hall–Kier alpha value is -0.770. The first-order valence-corrected chi connectivity index (χ1v) is 7.87. The average Bonchev–Trinajstić information content (AvgIpc) is 2.84. The van der Waals surface area contributed by atoms with Gasteiger partial charge in [-0.05, 0) is 34.1 Å². The molecule has 1 amide bonds. The Morgan fingerprint density at radius 3 is 2.65 bits per heavy atom. The van der Waals surface area contributed by atoms with E-state index >= 15 is 0 Å². The highest BCUT2D eigenvalue weighted by Crippen LogP contribution is 2.12. The highest BCUT2D eigenvalue weighted by atomic mass is 127. The minimum atomic E-state index is -0.473. The van der Waals surface area contributed by atoms with Crippen LogP contribution in [0.1, 0.15) is 34.1 Å². The van der Waals surface area contributed by atoms with E-state index in [0.717, 1.165) is 32.0 Å². The number of nitrogens with one attached hydrogen (secondary N) is 2. The van der Waals surface area contributed by atoms with Gasteiger partial charge in [-0.15, -0.1) is 24.0 Å². The normalized spacial score (nSPS) is 18.4. The predicted octanol–water partition coefficient (Wildman–Crippen LogP) is 1.82. The first-order chi connectivity index (χ1) is 10.4. The fraction of sp³-hybridized carbons (Fsp3) is 0.867. The van der Waals surface area contributed by atoms with Crippen molar-refractivity contribution in [3.63, 3.8) is 0 Å². The van der Waals surface area contributed by atoms with E-state index in [0.29, 0.717) is 13.2 Å². The minimum absolute atomic E-state index is 0. The fourth-order valence-corrected chi connectivity index (χ4v) is 2.21. The van der Waals surface area contributed by atoms with Gasteiger partial charge in [0.2, 0.25) is 0 Å². The maximum absolute atomic E-state index is 11.8. The molecule has 1 heterocycles. The number of amides is 1. The summed E-state index contributed by atoms with van der Waals surface area (Å²) < 4.78 is 10.3. The Labute approximate surface area is 156 Å². The molecule has 0 bridgehead atoms. The van der Waals surface area contributed by atoms with Gasteiger partial charge in [-0.1, -0.05) is 0 Å². The largest absolute Gasteiger partial charge is 0.444 e. The van der Waals surface area contributed by atoms with Crippen molar-refractivity contribution in [3.8, 4) is 0 Å². The molecule has 1 atom stereocenters. The number of hydrogen-bond donors (Lipinski definition) is 2. The molecule has 1 fully saturated rings. The lowest BCUT2D eigenvalue weighted by Gasteiger charge is -2.23. The molecule has 1 aliphatic rings. The third-order valence-electron chi connectivity index (χ3n) is 3.10. The Morgan fingerprint density at radius 1 is 1.39 bits per heavy atom. The van der Waals surface area contributed by atoms with Crippen molar-refractivity contribution in [2.75, 3.05) is 39.9 Å². The van der Waals surface area contributed by atoms with Gasteiger partial charge >= 0.3 is 6.09 Å². The Bertz CT molecular complexity index is 385. The lowest BCUT2D eigenvalue weighted by Crippen LogP contribution is -2.44. The van der Waals surface area contributed by atoms with Gasteiger partial charge in [0.05, 0.1) is 19.2 Å². The number of nitrogens with zero attached hydrogens (tertiary/aromatic N) is 2. The number of aliphatic imine (C=N–C) groups is 1. The number of carbonyl (C=O) groups is 1. The van der Waals surface area contributed by atoms with Crippen molar-refractivity contribution < 1.29 is 14.3 Å². The molecule has 0 spiro atoms. The molecular weight excluding hydrogens is 411 g/mol. The molecule has 0 saturated carbocycles. The minimum Gasteiger partial charge on any atom is -0.444 e. The Morgan fingerprint density at radius 2 is 2.09 bits per heavy atom. The molecule has 0 aliphatic carbocycles. The highest BCUT2D eigenvalue weighted by molar-refractivity contribution is 14.0. The van der Waals surface area contributed by atoms with E-state index in [1.165, 1.54) is 0 Å². The summed E-state index contributed by atoms with van der Waals surface area (Å²) in [6.07, 6.45) is 0.522. The van der Waals surface area contributed by atoms with Crippen molar-refractivity contribution in [1.29, 1.82) is 0 Å². The second-order valence-corrected chi connectivity index (χ2v) is 6.31. The fourth-order valence-electron chi connectivity index (χ4n) is 2.21. The van der Waals surface area contributed by atoms with Crippen molar-refractivity contribution in [2.24, 2.45) is 4.99 Å². The maximum atomic E-state index is 11.8. The number of halogens is 1. The molecular formula is C15H31IN4O3. The number of ether oxygens (including phenoxy) is 2. The van der Waals surface area contributed by atoms with Crippen LogP contribution in [0, 0.1) is 0 Å². The lowest BCUT2D eigenvalue weighted by molar-refractivity contribution is 0.0507. The number of hydrogen-bond acceptors (Lipinski definition) is 4. The maximum Gasteiger partial charge on any atom is 0.407 e. The average molecular weight is 442 g/mol. The number of methoxy groups -OCH3 is 1. The topological polar surface area (TPSA) is 75.2 Å². The molecule has 1 unspecified atom stereocenters. The lowest BCUT2D eigenvalue weighted by atomic mass is 10.2. The SMILES string of the molecule is CCNC(=NCCOC)N1CCC(NC(=O)OC(C)(C)C)C1.I. The van der Waals surface area contributed by atoms with Crippen LogP contribution in [-0.4, -0.2) is 68.5 Å². The van der Waals surface area contributed by atoms with Gasteiger partial charge < -0.3 is 25.0 Å². The predicted molar refractivity (Wildman–Crippen MR) is 103 cm³/mol. The van der Waals surface area contributed by atoms with Crippen molar-refractivity contribution in [1.82, 2.24) is 15.5 Å². The summed E-state index contributed by atoms with van der Waals surface area (Å²) in [7, 11) is 1.67. The monoisotopic (exact) mass is 442 g/mol. The van der Waals surface area contributed by atoms with E-state index < -0.39 is 5.60 Å². The molecule has 1 rings (SSSR count). The molecule has 136 valence electrons. The molecule has 0 aromatic carbocycles. The van der Waals surface area contributed by atoms with Gasteiger partial charge in [-0.2, -0.15) is 0 Å². The summed E-state index contributed by atoms with van der Waals surface area (Å²) in [6, 6.07) is 0.0844. The quantitative estimate of drug-likeness (QED) is 0.294. The molecule has 2 N–H and O–H groups in total. The highest BCUT2D eigenvalue weighted by Gasteiger charge is 2.27. The van der Waals surface area contributed by atoms with Crippen LogP contribution >= 0.6 is 24.0 Å². The van der Waals surface area contributed by atoms with Gasteiger partial charge in [0.15, 0.2) is 5.96 Å². The summed E-state index contributed by atoms with van der Waals surface area (Å²) in [5, 5.41) is 6.19. The van der Waals surface area contributed by atoms with Gasteiger partial charge in [0, 0.05) is 26.7 Å². The smallest absolute Gasteiger partial charge is 0.407 e. The van der Waals surface area contributed by atoms with Gasteiger partial charge in [0.1, 0.15) is 5.60 Å². The van der Waals surface area contributed by atoms with Crippen LogP contribution in [0.5, 0.6) is 0 Å². The van der Waals surface area contributed by atoms with E-state index in [-0.39, 0.29) is 36.1 Å². The molecule has 0 radical (unpaired) electrons. The third-order valence-corrected chi connectivity index (χ3v) is 3.10. The van der Waals surface area contributed by atoms with Gasteiger partial charge in [0.25, 0.3) is 0 Å². The summed E-state index contributed by atoms with van der Waals surface area (Å²) in [4.78, 5) is 18.5. The van der Waals surface area contributed by atoms with Crippen LogP contribution in [0.2, 0.25) is 0 Å². The second kappa shape index (κ2) is 10.9. The van der Waals surface area contributed by atoms with Crippen LogP contribution in [0.3, 0.4) is 0 Å². The standard InChI is InChI=1S/C15H30N4O3.HI/c1-6-16-13(17-8-10-21-5)19-9-7-12(11-19)18-14(20)22-15(2,3)4;/h12H,6-11H2,1-5H3,(H,16,17)(H,18,20);1H. The molecule has 8 heteroatoms. The molecule has 0 aromatic rings. The van der Waals surface area contributed by atoms with Gasteiger partial charge in [-0.25, -0.2) is 4.79 Å². The van der Waals surface area contributed by atoms with E-state index in [1.807, 2.05) is 27.7 Å². The molecule has 7 nitrogen and oxygen atoms in total. The van der Waals surface area contributed by atoms with E-state index in [9.17, 15) is 4.79 Å². The van der Waals surface area contributed by atoms with E-state index in [1.54, 1.807) is 7.11 Å². The third kappa shape index (κ3) is 9.19. The first-order valence-electron chi connectivity index (χ1n) is 7.87. The molecule has 0 aromatic heterocycles. The summed E-state index contributed by atoms with van der Waals surface area (Å²) in [5.41, 5.74) is -0.473. The number of rotatable bonds is 5. The van der Waals surface area contributed by atoms with Crippen molar-refractivity contribution in [3.05, 3.63) is 0 Å². The Balaban J connectivity index is 0.00000484. The summed E-state index contributed by atoms with van der Waals surface area (Å²) in [5.74, 6) is 0.869. The number of guanidine groups is 1. The van der Waals surface area contributed by atoms with E-state index in [4.69, 9.17) is 9.47 Å². The van der Waals surface area contributed by atoms with Crippen LogP contribution in [0.15, 0.2) is 4.99 Å². The van der Waals surface area contributed by atoms with Crippen LogP contribution in [0.25, 0.3) is 0 Å². The number of carbonyl (C=O) groups excluding carboxylic acids is 1. The number of alkyl carbamates (subject to hydrolysis) is 1. The van der Waals surface area contributed by atoms with Crippen LogP contribution in [-0.2, 0) is 9.47 Å². The van der Waals surface area contributed by atoms with Crippen LogP contribution < -0.4 is 10.6 Å². The molecule has 23 heavy (non-hydrogen) atoms. The zero-order valence-corrected chi connectivity index (χ0v) is 17.2. The molecule has 1 saturated heterocycles. The molecule has 1 aliphatic heterocycles. The zero-order chi connectivity index (χ0) is 16.6. The number of likely N-dealkylation sites (tertiary alicyclic amines) is 1.